The molecule has 2 fully saturated rings. The molecule has 0 radical (unpaired) electrons. The number of hydrogen-bond donors (Lipinski definition) is 0. The van der Waals surface area contributed by atoms with Crippen LogP contribution in [-0.4, -0.2) is 16.8 Å². The Balaban J connectivity index is 1.74. The third-order valence-electron chi connectivity index (χ3n) is 3.00. The van der Waals surface area contributed by atoms with Crippen LogP contribution < -0.4 is 0 Å². The largest absolute Gasteiger partial charge is 0.298 e. The van der Waals surface area contributed by atoms with E-state index >= 15 is 0 Å². The molecule has 0 N–H and O–H groups in total. The Hall–Kier alpha value is 0.0200. The molecule has 0 aromatic heterocycles. The van der Waals surface area contributed by atoms with E-state index in [1.165, 1.54) is 31.4 Å². The second-order valence-electron chi connectivity index (χ2n) is 3.97. The van der Waals surface area contributed by atoms with Gasteiger partial charge in [0.1, 0.15) is 5.78 Å². The summed E-state index contributed by atoms with van der Waals surface area (Å²) in [5.74, 6) is 2.52. The summed E-state index contributed by atoms with van der Waals surface area (Å²) in [5.41, 5.74) is 0. The van der Waals surface area contributed by atoms with Crippen molar-refractivity contribution in [1.29, 1.82) is 0 Å². The van der Waals surface area contributed by atoms with Gasteiger partial charge in [0.25, 0.3) is 0 Å². The van der Waals surface area contributed by atoms with Gasteiger partial charge in [-0.25, -0.2) is 0 Å². The van der Waals surface area contributed by atoms with Crippen LogP contribution >= 0.6 is 11.8 Å². The Labute approximate surface area is 78.3 Å². The maximum Gasteiger partial charge on any atom is 0.146 e. The molecule has 1 atom stereocenters. The highest BCUT2D eigenvalue weighted by Gasteiger charge is 2.27. The van der Waals surface area contributed by atoms with Gasteiger partial charge in [0.2, 0.25) is 0 Å². The van der Waals surface area contributed by atoms with Gasteiger partial charge in [-0.1, -0.05) is 19.3 Å². The van der Waals surface area contributed by atoms with E-state index in [0.29, 0.717) is 11.0 Å². The highest BCUT2D eigenvalue weighted by atomic mass is 32.2. The lowest BCUT2D eigenvalue weighted by Gasteiger charge is -2.25. The molecule has 1 saturated heterocycles. The molecule has 1 saturated carbocycles. The predicted octanol–water partition coefficient (Wildman–Crippen LogP) is 2.64. The van der Waals surface area contributed by atoms with Crippen molar-refractivity contribution in [3.8, 4) is 0 Å². The molecular weight excluding hydrogens is 168 g/mol. The smallest absolute Gasteiger partial charge is 0.146 e. The van der Waals surface area contributed by atoms with E-state index in [4.69, 9.17) is 0 Å². The Bertz CT molecular complexity index is 169. The minimum atomic E-state index is 0.380. The summed E-state index contributed by atoms with van der Waals surface area (Å²) in [6.07, 6.45) is 7.27. The van der Waals surface area contributed by atoms with Crippen molar-refractivity contribution in [3.05, 3.63) is 0 Å². The summed E-state index contributed by atoms with van der Waals surface area (Å²) in [6.45, 7) is 0. The van der Waals surface area contributed by atoms with E-state index in [2.05, 4.69) is 0 Å². The lowest BCUT2D eigenvalue weighted by Crippen LogP contribution is -2.21. The van der Waals surface area contributed by atoms with Gasteiger partial charge < -0.3 is 0 Å². The molecule has 68 valence electrons. The van der Waals surface area contributed by atoms with E-state index in [0.717, 1.165) is 18.8 Å². The average Bonchev–Trinajstić information content (AvgIpc) is 2.47. The number of carbonyl (C=O) groups excluding carboxylic acids is 1. The van der Waals surface area contributed by atoms with Crippen LogP contribution in [0.15, 0.2) is 0 Å². The Morgan fingerprint density at radius 3 is 2.58 bits per heavy atom. The van der Waals surface area contributed by atoms with Gasteiger partial charge in [-0.2, -0.15) is 11.8 Å². The van der Waals surface area contributed by atoms with Crippen LogP contribution in [0.5, 0.6) is 0 Å². The molecule has 12 heavy (non-hydrogen) atoms. The summed E-state index contributed by atoms with van der Waals surface area (Å²) >= 11 is 1.88. The van der Waals surface area contributed by atoms with Gasteiger partial charge >= 0.3 is 0 Å². The van der Waals surface area contributed by atoms with Gasteiger partial charge in [0.15, 0.2) is 0 Å². The number of thioether (sulfide) groups is 1. The fourth-order valence-electron chi connectivity index (χ4n) is 1.94. The highest BCUT2D eigenvalue weighted by Crippen LogP contribution is 2.34. The SMILES string of the molecule is O=C(CC1CCC1)C1CCCS1. The van der Waals surface area contributed by atoms with Crippen LogP contribution in [0.3, 0.4) is 0 Å². The fourth-order valence-corrected chi connectivity index (χ4v) is 3.18. The normalized spacial score (nSPS) is 30.2. The van der Waals surface area contributed by atoms with Crippen LogP contribution in [0.2, 0.25) is 0 Å². The van der Waals surface area contributed by atoms with Crippen molar-refractivity contribution in [1.82, 2.24) is 0 Å². The molecule has 1 heterocycles. The fraction of sp³-hybridized carbons (Fsp3) is 0.900. The molecule has 0 aromatic carbocycles. The second kappa shape index (κ2) is 3.82. The lowest BCUT2D eigenvalue weighted by molar-refractivity contribution is -0.120. The molecule has 0 aromatic rings. The molecule has 1 aliphatic carbocycles. The summed E-state index contributed by atoms with van der Waals surface area (Å²) < 4.78 is 0. The van der Waals surface area contributed by atoms with Gasteiger partial charge in [-0.05, 0) is 24.5 Å². The van der Waals surface area contributed by atoms with Gasteiger partial charge in [-0.15, -0.1) is 0 Å². The molecule has 0 bridgehead atoms. The van der Waals surface area contributed by atoms with E-state index in [-0.39, 0.29) is 0 Å². The van der Waals surface area contributed by atoms with Crippen LogP contribution in [0, 0.1) is 5.92 Å². The van der Waals surface area contributed by atoms with Crippen molar-refractivity contribution in [2.75, 3.05) is 5.75 Å². The average molecular weight is 184 g/mol. The van der Waals surface area contributed by atoms with Crippen molar-refractivity contribution >= 4 is 17.5 Å². The van der Waals surface area contributed by atoms with E-state index < -0.39 is 0 Å². The van der Waals surface area contributed by atoms with E-state index in [9.17, 15) is 4.79 Å². The quantitative estimate of drug-likeness (QED) is 0.670. The summed E-state index contributed by atoms with van der Waals surface area (Å²) in [6, 6.07) is 0. The third kappa shape index (κ3) is 1.85. The zero-order chi connectivity index (χ0) is 8.39. The predicted molar refractivity (Wildman–Crippen MR) is 52.4 cm³/mol. The summed E-state index contributed by atoms with van der Waals surface area (Å²) in [7, 11) is 0. The van der Waals surface area contributed by atoms with Crippen LogP contribution in [0.1, 0.15) is 38.5 Å². The zero-order valence-corrected chi connectivity index (χ0v) is 8.24. The molecule has 0 amide bonds. The molecule has 0 spiro atoms. The molecule has 2 rings (SSSR count). The number of hydrogen-bond acceptors (Lipinski definition) is 2. The first-order valence-electron chi connectivity index (χ1n) is 5.00. The van der Waals surface area contributed by atoms with Crippen molar-refractivity contribution in [3.63, 3.8) is 0 Å². The highest BCUT2D eigenvalue weighted by molar-refractivity contribution is 8.00. The Morgan fingerprint density at radius 1 is 1.25 bits per heavy atom. The monoisotopic (exact) mass is 184 g/mol. The maximum atomic E-state index is 11.6. The van der Waals surface area contributed by atoms with Crippen molar-refractivity contribution in [2.45, 2.75) is 43.8 Å². The molecule has 1 aliphatic heterocycles. The zero-order valence-electron chi connectivity index (χ0n) is 7.42. The van der Waals surface area contributed by atoms with E-state index in [1.807, 2.05) is 11.8 Å². The number of carbonyl (C=O) groups is 1. The molecular formula is C10H16OS. The Morgan fingerprint density at radius 2 is 2.08 bits per heavy atom. The molecule has 2 heteroatoms. The van der Waals surface area contributed by atoms with Crippen molar-refractivity contribution in [2.24, 2.45) is 5.92 Å². The number of rotatable bonds is 3. The standard InChI is InChI=1S/C10H16OS/c11-9(7-8-3-1-4-8)10-5-2-6-12-10/h8,10H,1-7H2. The van der Waals surface area contributed by atoms with Gasteiger partial charge in [0.05, 0.1) is 5.25 Å². The molecule has 1 unspecified atom stereocenters. The molecule has 1 nitrogen and oxygen atoms in total. The van der Waals surface area contributed by atoms with Crippen LogP contribution in [-0.2, 0) is 4.79 Å². The summed E-state index contributed by atoms with van der Waals surface area (Å²) in [5, 5.41) is 0.380. The first-order chi connectivity index (χ1) is 5.86. The van der Waals surface area contributed by atoms with Crippen molar-refractivity contribution < 1.29 is 4.79 Å². The molecule has 2 aliphatic rings. The van der Waals surface area contributed by atoms with Crippen LogP contribution in [0.4, 0.5) is 0 Å². The Kier molecular flexibility index (Phi) is 2.74. The number of ketones is 1. The topological polar surface area (TPSA) is 17.1 Å². The van der Waals surface area contributed by atoms with Gasteiger partial charge in [0, 0.05) is 6.42 Å². The minimum absolute atomic E-state index is 0.380. The summed E-state index contributed by atoms with van der Waals surface area (Å²) in [4.78, 5) is 11.6. The minimum Gasteiger partial charge on any atom is -0.298 e. The van der Waals surface area contributed by atoms with Gasteiger partial charge in [-0.3, -0.25) is 4.79 Å². The first kappa shape index (κ1) is 8.61. The lowest BCUT2D eigenvalue weighted by atomic mass is 9.81. The van der Waals surface area contributed by atoms with E-state index in [1.54, 1.807) is 0 Å². The third-order valence-corrected chi connectivity index (χ3v) is 4.43. The number of Topliss-reactive ketones (excluding diaryl/α,β-unsaturated/α-hetero) is 1. The van der Waals surface area contributed by atoms with Crippen LogP contribution in [0.25, 0.3) is 0 Å². The second-order valence-corrected chi connectivity index (χ2v) is 5.28. The first-order valence-corrected chi connectivity index (χ1v) is 6.05. The maximum absolute atomic E-state index is 11.6.